The van der Waals surface area contributed by atoms with Gasteiger partial charge in [0.05, 0.1) is 0 Å². The maximum atomic E-state index is 6.90. The molecule has 3 rings (SSSR count). The van der Waals surface area contributed by atoms with Crippen molar-refractivity contribution in [2.24, 2.45) is 0 Å². The fourth-order valence-corrected chi connectivity index (χ4v) is 18.8. The fourth-order valence-electron chi connectivity index (χ4n) is 3.68. The molecule has 0 N–H and O–H groups in total. The second-order valence-electron chi connectivity index (χ2n) is 7.37. The van der Waals surface area contributed by atoms with Gasteiger partial charge in [0.25, 0.3) is 0 Å². The second kappa shape index (κ2) is 10.7. The third-order valence-corrected chi connectivity index (χ3v) is 19.3. The molecule has 0 heterocycles. The van der Waals surface area contributed by atoms with E-state index in [2.05, 4.69) is 97.9 Å². The van der Waals surface area contributed by atoms with Gasteiger partial charge in [0.15, 0.2) is 0 Å². The topological polar surface area (TPSA) is 9.23 Å². The van der Waals surface area contributed by atoms with E-state index in [0.717, 1.165) is 25.6 Å². The molecule has 0 spiro atoms. The van der Waals surface area contributed by atoms with E-state index in [0.29, 0.717) is 0 Å². The summed E-state index contributed by atoms with van der Waals surface area (Å²) in [6.07, 6.45) is 2.34. The third kappa shape index (κ3) is 6.55. The zero-order valence-corrected chi connectivity index (χ0v) is 19.9. The first-order valence-electron chi connectivity index (χ1n) is 10.1. The van der Waals surface area contributed by atoms with Crippen LogP contribution in [0.5, 0.6) is 0 Å². The Morgan fingerprint density at radius 2 is 0.963 bits per heavy atom. The van der Waals surface area contributed by atoms with Crippen molar-refractivity contribution >= 4 is 0 Å². The fraction of sp³-hybridized carbons (Fsp3) is 0.280. The van der Waals surface area contributed by atoms with Gasteiger partial charge in [-0.2, -0.15) is 0 Å². The molecule has 27 heavy (non-hydrogen) atoms. The molecule has 0 saturated carbocycles. The molecule has 3 aromatic carbocycles. The van der Waals surface area contributed by atoms with Crippen molar-refractivity contribution < 1.29 is 23.3 Å². The summed E-state index contributed by atoms with van der Waals surface area (Å²) in [6, 6.07) is 32.9. The number of hydrogen-bond donors (Lipinski definition) is 0. The molecule has 0 aliphatic heterocycles. The Bertz CT molecular complexity index is 670. The van der Waals surface area contributed by atoms with Crippen molar-refractivity contribution in [3.05, 3.63) is 108 Å². The first-order chi connectivity index (χ1) is 13.3. The molecule has 0 aliphatic carbocycles. The molecule has 0 bridgehead atoms. The maximum absolute atomic E-state index is 6.90. The summed E-state index contributed by atoms with van der Waals surface area (Å²) in [5, 5.41) is 0. The number of hydrogen-bond acceptors (Lipinski definition) is 1. The van der Waals surface area contributed by atoms with Crippen LogP contribution in [-0.2, 0) is 35.8 Å². The van der Waals surface area contributed by atoms with E-state index in [9.17, 15) is 0 Å². The molecule has 2 heteroatoms. The predicted octanol–water partition coefficient (Wildman–Crippen LogP) is 6.47. The van der Waals surface area contributed by atoms with E-state index in [1.54, 1.807) is 0 Å². The van der Waals surface area contributed by atoms with Crippen molar-refractivity contribution in [3.63, 3.8) is 0 Å². The van der Waals surface area contributed by atoms with Gasteiger partial charge in [0.2, 0.25) is 0 Å². The Kier molecular flexibility index (Phi) is 8.04. The van der Waals surface area contributed by atoms with E-state index in [1.165, 1.54) is 23.1 Å². The Labute approximate surface area is 169 Å². The summed E-state index contributed by atoms with van der Waals surface area (Å²) in [7, 11) is 0. The SMILES string of the molecule is CCCC[O][Hf]([CH2]c1ccccc1)([CH2]c1ccccc1)[CH2]c1ccccc1. The molecular formula is C25H30HfO. The normalized spacial score (nSPS) is 11.4. The van der Waals surface area contributed by atoms with Gasteiger partial charge in [0, 0.05) is 0 Å². The second-order valence-corrected chi connectivity index (χ2v) is 20.7. The molecule has 0 atom stereocenters. The van der Waals surface area contributed by atoms with Crippen molar-refractivity contribution in [3.8, 4) is 0 Å². The Balaban J connectivity index is 1.93. The third-order valence-electron chi connectivity index (χ3n) is 5.01. The molecular weight excluding hydrogens is 495 g/mol. The van der Waals surface area contributed by atoms with E-state index < -0.39 is 20.4 Å². The van der Waals surface area contributed by atoms with Gasteiger partial charge in [-0.25, -0.2) is 0 Å². The number of rotatable bonds is 10. The summed E-state index contributed by atoms with van der Waals surface area (Å²) < 4.78 is 10.3. The Morgan fingerprint density at radius 3 is 1.30 bits per heavy atom. The van der Waals surface area contributed by atoms with E-state index in [-0.39, 0.29) is 0 Å². The molecule has 3 aromatic rings. The van der Waals surface area contributed by atoms with Crippen LogP contribution in [0.2, 0.25) is 0 Å². The molecule has 0 aromatic heterocycles. The van der Waals surface area contributed by atoms with Crippen molar-refractivity contribution in [1.29, 1.82) is 0 Å². The van der Waals surface area contributed by atoms with Crippen LogP contribution < -0.4 is 0 Å². The van der Waals surface area contributed by atoms with Gasteiger partial charge < -0.3 is 0 Å². The van der Waals surface area contributed by atoms with Crippen LogP contribution >= 0.6 is 0 Å². The minimum atomic E-state index is -3.15. The van der Waals surface area contributed by atoms with Crippen LogP contribution in [0.15, 0.2) is 91.0 Å². The summed E-state index contributed by atoms with van der Waals surface area (Å²) in [4.78, 5) is 0. The summed E-state index contributed by atoms with van der Waals surface area (Å²) in [5.74, 6) is 0. The average molecular weight is 525 g/mol. The van der Waals surface area contributed by atoms with Gasteiger partial charge in [-0.3, -0.25) is 0 Å². The van der Waals surface area contributed by atoms with Gasteiger partial charge in [0.1, 0.15) is 0 Å². The quantitative estimate of drug-likeness (QED) is 0.218. The predicted molar refractivity (Wildman–Crippen MR) is 111 cm³/mol. The molecule has 0 unspecified atom stereocenters. The van der Waals surface area contributed by atoms with Crippen LogP contribution in [0.1, 0.15) is 36.5 Å². The minimum absolute atomic E-state index is 0.907. The zero-order chi connectivity index (χ0) is 18.8. The summed E-state index contributed by atoms with van der Waals surface area (Å²) in [6.45, 7) is 3.15. The molecule has 0 saturated heterocycles. The van der Waals surface area contributed by atoms with Crippen LogP contribution in [0.3, 0.4) is 0 Å². The Hall–Kier alpha value is -1.51. The van der Waals surface area contributed by atoms with Gasteiger partial charge in [-0.15, -0.1) is 0 Å². The van der Waals surface area contributed by atoms with Crippen LogP contribution in [0.25, 0.3) is 0 Å². The van der Waals surface area contributed by atoms with Crippen molar-refractivity contribution in [1.82, 2.24) is 0 Å². The van der Waals surface area contributed by atoms with Crippen molar-refractivity contribution in [2.45, 2.75) is 32.3 Å². The molecule has 0 aliphatic rings. The number of unbranched alkanes of at least 4 members (excludes halogenated alkanes) is 1. The molecule has 0 fully saturated rings. The van der Waals surface area contributed by atoms with Crippen molar-refractivity contribution in [2.75, 3.05) is 6.61 Å². The standard InChI is InChI=1S/3C7H7.C4H9O.Hf/c3*1-7-5-3-2-4-6-7;1-2-3-4-5;/h3*2-6H,1H2;2-4H2,1H3;/q;;;-1;+1. The first kappa shape index (κ1) is 20.2. The van der Waals surface area contributed by atoms with E-state index >= 15 is 0 Å². The molecule has 140 valence electrons. The Morgan fingerprint density at radius 1 is 0.593 bits per heavy atom. The molecule has 0 amide bonds. The molecule has 1 nitrogen and oxygen atoms in total. The van der Waals surface area contributed by atoms with Gasteiger partial charge in [-0.1, -0.05) is 0 Å². The van der Waals surface area contributed by atoms with Crippen LogP contribution in [0.4, 0.5) is 0 Å². The summed E-state index contributed by atoms with van der Waals surface area (Å²) >= 11 is -3.15. The van der Waals surface area contributed by atoms with E-state index in [4.69, 9.17) is 2.85 Å². The average Bonchev–Trinajstić information content (AvgIpc) is 2.70. The van der Waals surface area contributed by atoms with Crippen LogP contribution in [-0.4, -0.2) is 6.61 Å². The van der Waals surface area contributed by atoms with Gasteiger partial charge >= 0.3 is 170 Å². The summed E-state index contributed by atoms with van der Waals surface area (Å²) in [5.41, 5.74) is 4.30. The first-order valence-corrected chi connectivity index (χ1v) is 19.1. The van der Waals surface area contributed by atoms with Gasteiger partial charge in [-0.05, 0) is 0 Å². The monoisotopic (exact) mass is 526 g/mol. The van der Waals surface area contributed by atoms with Crippen LogP contribution in [0, 0.1) is 0 Å². The number of benzene rings is 3. The molecule has 0 radical (unpaired) electrons. The van der Waals surface area contributed by atoms with E-state index in [1.807, 2.05) is 0 Å². The zero-order valence-electron chi connectivity index (χ0n) is 16.3.